The lowest BCUT2D eigenvalue weighted by Gasteiger charge is -2.25. The number of hydrogen-bond donors (Lipinski definition) is 2. The van der Waals surface area contributed by atoms with Crippen molar-refractivity contribution in [2.45, 2.75) is 25.6 Å². The minimum Gasteiger partial charge on any atom is -0.399 e. The Balaban J connectivity index is 1.81. The average molecular weight is 485 g/mol. The second kappa shape index (κ2) is 9.02. The molecule has 3 N–H and O–H groups in total. The molecule has 0 fully saturated rings. The number of nitrogen functional groups attached to an aromatic ring is 1. The molecule has 0 saturated carbocycles. The Morgan fingerprint density at radius 3 is 2.48 bits per heavy atom. The highest BCUT2D eigenvalue weighted by Gasteiger charge is 2.31. The first-order chi connectivity index (χ1) is 15.3. The first-order valence-electron chi connectivity index (χ1n) is 9.91. The Kier molecular flexibility index (Phi) is 6.70. The summed E-state index contributed by atoms with van der Waals surface area (Å²) < 4.78 is 65.1. The van der Waals surface area contributed by atoms with Crippen LogP contribution in [0.2, 0.25) is 0 Å². The van der Waals surface area contributed by atoms with Crippen molar-refractivity contribution in [3.8, 4) is 0 Å². The number of alkyl halides is 3. The van der Waals surface area contributed by atoms with Crippen LogP contribution in [0.4, 0.5) is 18.9 Å². The number of nitrogens with one attached hydrogen (secondary N) is 1. The first-order valence-corrected chi connectivity index (χ1v) is 11.8. The molecular formula is C21H23F3N4O4S. The second-order valence-electron chi connectivity index (χ2n) is 7.77. The molecule has 12 heteroatoms. The monoisotopic (exact) mass is 484 g/mol. The zero-order chi connectivity index (χ0) is 24.6. The molecule has 0 radical (unpaired) electrons. The van der Waals surface area contributed by atoms with Gasteiger partial charge in [0.2, 0.25) is 10.0 Å². The van der Waals surface area contributed by atoms with Gasteiger partial charge in [0.25, 0.3) is 11.5 Å². The number of amides is 1. The van der Waals surface area contributed by atoms with Gasteiger partial charge in [-0.15, -0.1) is 0 Å². The molecule has 0 spiro atoms. The number of aromatic nitrogens is 1. The Labute approximate surface area is 188 Å². The van der Waals surface area contributed by atoms with Crippen LogP contribution in [0.15, 0.2) is 47.4 Å². The van der Waals surface area contributed by atoms with Gasteiger partial charge in [0.15, 0.2) is 0 Å². The molecule has 0 unspecified atom stereocenters. The molecule has 33 heavy (non-hydrogen) atoms. The normalized spacial score (nSPS) is 16.2. The van der Waals surface area contributed by atoms with Crippen LogP contribution in [0, 0.1) is 0 Å². The molecule has 1 aliphatic rings. The molecule has 1 aliphatic heterocycles. The molecule has 2 aromatic rings. The Hall–Kier alpha value is -3.12. The maximum atomic E-state index is 13.1. The third-order valence-corrected chi connectivity index (χ3v) is 6.52. The van der Waals surface area contributed by atoms with E-state index < -0.39 is 39.3 Å². The predicted molar refractivity (Wildman–Crippen MR) is 118 cm³/mol. The summed E-state index contributed by atoms with van der Waals surface area (Å²) >= 11 is 0. The number of hydrogen-bond acceptors (Lipinski definition) is 5. The van der Waals surface area contributed by atoms with Gasteiger partial charge in [-0.1, -0.05) is 0 Å². The molecule has 1 aromatic heterocycles. The number of rotatable bonds is 5. The number of benzene rings is 1. The fraction of sp³-hybridized carbons (Fsp3) is 0.333. The van der Waals surface area contributed by atoms with Crippen LogP contribution in [0.1, 0.15) is 40.9 Å². The van der Waals surface area contributed by atoms with Crippen LogP contribution < -0.4 is 16.6 Å². The summed E-state index contributed by atoms with van der Waals surface area (Å²) in [5.74, 6) is -0.596. The fourth-order valence-electron chi connectivity index (χ4n) is 3.46. The summed E-state index contributed by atoms with van der Waals surface area (Å²) in [5, 5.41) is 2.61. The maximum Gasteiger partial charge on any atom is 0.416 e. The third kappa shape index (κ3) is 5.82. The SMILES string of the molecule is C[C@@H](NC(=O)c1ccc(=O)n(C2=CCN(S(C)(=O)=O)CC2)c1)c1cc(N)cc(C(F)(F)F)c1. The Morgan fingerprint density at radius 2 is 1.91 bits per heavy atom. The lowest BCUT2D eigenvalue weighted by atomic mass is 10.0. The van der Waals surface area contributed by atoms with Gasteiger partial charge in [-0.2, -0.15) is 17.5 Å². The van der Waals surface area contributed by atoms with E-state index in [1.807, 2.05) is 0 Å². The van der Waals surface area contributed by atoms with Gasteiger partial charge in [-0.3, -0.25) is 14.2 Å². The van der Waals surface area contributed by atoms with Crippen LogP contribution >= 0.6 is 0 Å². The highest BCUT2D eigenvalue weighted by Crippen LogP contribution is 2.32. The van der Waals surface area contributed by atoms with E-state index >= 15 is 0 Å². The summed E-state index contributed by atoms with van der Waals surface area (Å²) in [7, 11) is -3.36. The van der Waals surface area contributed by atoms with E-state index in [0.29, 0.717) is 5.70 Å². The van der Waals surface area contributed by atoms with Crippen LogP contribution in [0.3, 0.4) is 0 Å². The van der Waals surface area contributed by atoms with Crippen LogP contribution in [0.25, 0.3) is 5.70 Å². The van der Waals surface area contributed by atoms with Gasteiger partial charge in [-0.25, -0.2) is 8.42 Å². The lowest BCUT2D eigenvalue weighted by molar-refractivity contribution is -0.137. The first kappa shape index (κ1) is 24.5. The number of carbonyl (C=O) groups is 1. The van der Waals surface area contributed by atoms with E-state index in [4.69, 9.17) is 5.73 Å². The van der Waals surface area contributed by atoms with Gasteiger partial charge in [-0.05, 0) is 42.8 Å². The van der Waals surface area contributed by atoms with Crippen molar-refractivity contribution in [1.29, 1.82) is 0 Å². The van der Waals surface area contributed by atoms with E-state index in [9.17, 15) is 31.2 Å². The zero-order valence-electron chi connectivity index (χ0n) is 17.9. The number of nitrogens with zero attached hydrogens (tertiary/aromatic N) is 2. The van der Waals surface area contributed by atoms with Gasteiger partial charge >= 0.3 is 6.18 Å². The molecular weight excluding hydrogens is 461 g/mol. The number of anilines is 1. The second-order valence-corrected chi connectivity index (χ2v) is 9.76. The molecule has 0 saturated heterocycles. The number of nitrogens with two attached hydrogens (primary N) is 1. The summed E-state index contributed by atoms with van der Waals surface area (Å²) in [6, 6.07) is 4.81. The van der Waals surface area contributed by atoms with Gasteiger partial charge in [0, 0.05) is 43.2 Å². The quantitative estimate of drug-likeness (QED) is 0.633. The molecule has 1 amide bonds. The Bertz CT molecular complexity index is 1270. The summed E-state index contributed by atoms with van der Waals surface area (Å²) in [5.41, 5.74) is 5.04. The van der Waals surface area contributed by atoms with Crippen molar-refractivity contribution in [1.82, 2.24) is 14.2 Å². The van der Waals surface area contributed by atoms with Crippen LogP contribution in [0.5, 0.6) is 0 Å². The smallest absolute Gasteiger partial charge is 0.399 e. The van der Waals surface area contributed by atoms with E-state index in [-0.39, 0.29) is 36.3 Å². The predicted octanol–water partition coefficient (Wildman–Crippen LogP) is 2.45. The van der Waals surface area contributed by atoms with E-state index in [0.717, 1.165) is 18.4 Å². The molecule has 0 aliphatic carbocycles. The third-order valence-electron chi connectivity index (χ3n) is 5.25. The van der Waals surface area contributed by atoms with Crippen molar-refractivity contribution in [3.05, 3.63) is 69.6 Å². The lowest BCUT2D eigenvalue weighted by Crippen LogP contribution is -2.35. The number of carbonyl (C=O) groups excluding carboxylic acids is 1. The van der Waals surface area contributed by atoms with Crippen LogP contribution in [-0.4, -0.2) is 42.5 Å². The Morgan fingerprint density at radius 1 is 1.21 bits per heavy atom. The van der Waals surface area contributed by atoms with Gasteiger partial charge in [0.1, 0.15) is 0 Å². The zero-order valence-corrected chi connectivity index (χ0v) is 18.7. The molecule has 178 valence electrons. The largest absolute Gasteiger partial charge is 0.416 e. The van der Waals surface area contributed by atoms with Gasteiger partial charge < -0.3 is 11.1 Å². The van der Waals surface area contributed by atoms with Crippen molar-refractivity contribution < 1.29 is 26.4 Å². The number of halogens is 3. The van der Waals surface area contributed by atoms with E-state index in [1.54, 1.807) is 6.08 Å². The summed E-state index contributed by atoms with van der Waals surface area (Å²) in [6.45, 7) is 1.82. The molecule has 0 bridgehead atoms. The van der Waals surface area contributed by atoms with Crippen molar-refractivity contribution >= 4 is 27.3 Å². The number of sulfonamides is 1. The van der Waals surface area contributed by atoms with Crippen LogP contribution in [-0.2, 0) is 16.2 Å². The topological polar surface area (TPSA) is 114 Å². The summed E-state index contributed by atoms with van der Waals surface area (Å²) in [6.07, 6.45) is -0.279. The molecule has 2 heterocycles. The van der Waals surface area contributed by atoms with E-state index in [1.165, 1.54) is 40.2 Å². The minimum atomic E-state index is -4.58. The standard InChI is InChI=1S/C21H23F3N4O4S/c1-13(15-9-16(21(22,23)24)11-17(25)10-15)26-20(30)14-3-4-19(29)28(12-14)18-5-7-27(8-6-18)33(2,31)32/h3-5,9-13H,6-8,25H2,1-2H3,(H,26,30)/t13-/m1/s1. The molecule has 1 atom stereocenters. The van der Waals surface area contributed by atoms with Crippen molar-refractivity contribution in [2.24, 2.45) is 0 Å². The highest BCUT2D eigenvalue weighted by molar-refractivity contribution is 7.88. The molecule has 8 nitrogen and oxygen atoms in total. The van der Waals surface area contributed by atoms with Gasteiger partial charge in [0.05, 0.1) is 23.4 Å². The van der Waals surface area contributed by atoms with Crippen molar-refractivity contribution in [3.63, 3.8) is 0 Å². The molecule has 1 aromatic carbocycles. The summed E-state index contributed by atoms with van der Waals surface area (Å²) in [4.78, 5) is 25.1. The van der Waals surface area contributed by atoms with E-state index in [2.05, 4.69) is 5.32 Å². The number of pyridine rings is 1. The average Bonchev–Trinajstić information content (AvgIpc) is 2.72. The highest BCUT2D eigenvalue weighted by atomic mass is 32.2. The van der Waals surface area contributed by atoms with Crippen molar-refractivity contribution in [2.75, 3.05) is 25.1 Å². The fourth-order valence-corrected chi connectivity index (χ4v) is 4.23. The minimum absolute atomic E-state index is 0.0816. The molecule has 3 rings (SSSR count). The maximum absolute atomic E-state index is 13.1.